The van der Waals surface area contributed by atoms with E-state index in [0.717, 1.165) is 0 Å². The van der Waals surface area contributed by atoms with E-state index >= 15 is 0 Å². The van der Waals surface area contributed by atoms with Gasteiger partial charge in [0.05, 0.1) is 8.07 Å². The molecule has 3 rings (SSSR count). The number of halogens is 2. The highest BCUT2D eigenvalue weighted by molar-refractivity contribution is 7.10. The minimum Gasteiger partial charge on any atom is -0.424 e. The fraction of sp³-hybridized carbons (Fsp3) is 0.111. The number of rotatable bonds is 4. The molecule has 138 valence electrons. The van der Waals surface area contributed by atoms with E-state index in [1.165, 1.54) is 36.4 Å². The van der Waals surface area contributed by atoms with Gasteiger partial charge in [-0.1, -0.05) is 37.4 Å². The van der Waals surface area contributed by atoms with E-state index in [2.05, 4.69) is 0 Å². The first-order valence-electron chi connectivity index (χ1n) is 8.38. The summed E-state index contributed by atoms with van der Waals surface area (Å²) in [5.41, 5.74) is 1.31. The van der Waals surface area contributed by atoms with E-state index in [1.807, 2.05) is 0 Å². The van der Waals surface area contributed by atoms with Crippen LogP contribution in [-0.2, 0) is 0 Å². The molecule has 0 unspecified atom stereocenters. The van der Waals surface area contributed by atoms with E-state index in [4.69, 9.17) is 0 Å². The summed E-state index contributed by atoms with van der Waals surface area (Å²) < 4.78 is 27.8. The Balaban J connectivity index is 2.43. The molecule has 27 heavy (non-hydrogen) atoms. The standard InChI is InChI=1S/C18H18B2F2O4Si/c1-27(2)17(19(23)24)15(11-5-3-7-13(21)9-11)16(18(27)20(25)26)12-6-4-8-14(22)10-12/h3-10,23-26H,1-2H3. The number of benzene rings is 2. The summed E-state index contributed by atoms with van der Waals surface area (Å²) in [6.45, 7) is 3.48. The molecule has 0 fully saturated rings. The second kappa shape index (κ2) is 7.18. The van der Waals surface area contributed by atoms with E-state index in [9.17, 15) is 28.9 Å². The summed E-state index contributed by atoms with van der Waals surface area (Å²) in [5, 5.41) is 40.8. The molecule has 0 aliphatic carbocycles. The van der Waals surface area contributed by atoms with Crippen LogP contribution in [0.3, 0.4) is 0 Å². The first-order valence-corrected chi connectivity index (χ1v) is 11.4. The van der Waals surface area contributed by atoms with Gasteiger partial charge in [-0.25, -0.2) is 8.78 Å². The fourth-order valence-corrected chi connectivity index (χ4v) is 7.20. The smallest absolute Gasteiger partial charge is 0.424 e. The normalized spacial score (nSPS) is 16.1. The van der Waals surface area contributed by atoms with Crippen LogP contribution in [0.4, 0.5) is 8.78 Å². The average molecular weight is 386 g/mol. The van der Waals surface area contributed by atoms with Gasteiger partial charge in [0, 0.05) is 0 Å². The van der Waals surface area contributed by atoms with Gasteiger partial charge in [-0.2, -0.15) is 0 Å². The van der Waals surface area contributed by atoms with Gasteiger partial charge in [-0.3, -0.25) is 0 Å². The van der Waals surface area contributed by atoms with Crippen molar-refractivity contribution in [1.29, 1.82) is 0 Å². The molecule has 4 nitrogen and oxygen atoms in total. The van der Waals surface area contributed by atoms with Gasteiger partial charge in [-0.15, -0.1) is 0 Å². The molecule has 4 N–H and O–H groups in total. The number of hydrogen-bond acceptors (Lipinski definition) is 4. The highest BCUT2D eigenvalue weighted by Gasteiger charge is 2.50. The molecule has 0 bridgehead atoms. The summed E-state index contributed by atoms with van der Waals surface area (Å²) in [4.78, 5) is 0. The van der Waals surface area contributed by atoms with Gasteiger partial charge in [0.1, 0.15) is 11.6 Å². The molecular weight excluding hydrogens is 368 g/mol. The molecule has 1 heterocycles. The van der Waals surface area contributed by atoms with Crippen molar-refractivity contribution in [3.63, 3.8) is 0 Å². The van der Waals surface area contributed by atoms with Gasteiger partial charge >= 0.3 is 14.2 Å². The highest BCUT2D eigenvalue weighted by Crippen LogP contribution is 2.49. The van der Waals surface area contributed by atoms with Crippen LogP contribution in [0.5, 0.6) is 0 Å². The molecule has 2 aromatic carbocycles. The number of hydrogen-bond donors (Lipinski definition) is 4. The first kappa shape index (κ1) is 19.7. The molecule has 0 atom stereocenters. The largest absolute Gasteiger partial charge is 0.480 e. The van der Waals surface area contributed by atoms with Crippen LogP contribution in [0.15, 0.2) is 58.7 Å². The molecule has 0 spiro atoms. The maximum absolute atomic E-state index is 13.9. The quantitative estimate of drug-likeness (QED) is 0.607. The lowest BCUT2D eigenvalue weighted by Gasteiger charge is -2.25. The third kappa shape index (κ3) is 3.44. The molecule has 9 heteroatoms. The zero-order valence-electron chi connectivity index (χ0n) is 14.8. The van der Waals surface area contributed by atoms with Gasteiger partial charge in [-0.05, 0) is 56.7 Å². The van der Waals surface area contributed by atoms with Crippen molar-refractivity contribution in [3.8, 4) is 0 Å². The van der Waals surface area contributed by atoms with Crippen LogP contribution in [-0.4, -0.2) is 42.4 Å². The third-order valence-electron chi connectivity index (χ3n) is 4.88. The lowest BCUT2D eigenvalue weighted by Crippen LogP contribution is -2.43. The van der Waals surface area contributed by atoms with Crippen molar-refractivity contribution in [3.05, 3.63) is 81.5 Å². The van der Waals surface area contributed by atoms with Gasteiger partial charge < -0.3 is 20.1 Å². The monoisotopic (exact) mass is 386 g/mol. The molecule has 0 saturated carbocycles. The summed E-state index contributed by atoms with van der Waals surface area (Å²) in [5.74, 6) is -1.05. The summed E-state index contributed by atoms with van der Waals surface area (Å²) in [6, 6.07) is 11.1. The minimum absolute atomic E-state index is 0.218. The zero-order chi connectivity index (χ0) is 19.9. The van der Waals surface area contributed by atoms with Gasteiger partial charge in [0.15, 0.2) is 0 Å². The fourth-order valence-electron chi connectivity index (χ4n) is 3.83. The van der Waals surface area contributed by atoms with Crippen molar-refractivity contribution in [1.82, 2.24) is 0 Å². The molecular formula is C18H18B2F2O4Si. The Labute approximate surface area is 157 Å². The Kier molecular flexibility index (Phi) is 5.24. The molecule has 0 amide bonds. The third-order valence-corrected chi connectivity index (χ3v) is 8.59. The highest BCUT2D eigenvalue weighted by atomic mass is 28.3. The zero-order valence-corrected chi connectivity index (χ0v) is 15.8. The van der Waals surface area contributed by atoms with Crippen LogP contribution in [0.1, 0.15) is 11.1 Å². The second-order valence-electron chi connectivity index (χ2n) is 6.97. The van der Waals surface area contributed by atoms with Gasteiger partial charge in [0.2, 0.25) is 0 Å². The Morgan fingerprint density at radius 1 is 0.704 bits per heavy atom. The summed E-state index contributed by atoms with van der Waals surface area (Å²) in [6.07, 6.45) is 0. The van der Waals surface area contributed by atoms with Gasteiger partial charge in [0.25, 0.3) is 0 Å². The molecule has 0 saturated heterocycles. The van der Waals surface area contributed by atoms with Crippen molar-refractivity contribution >= 4 is 33.5 Å². The topological polar surface area (TPSA) is 80.9 Å². The van der Waals surface area contributed by atoms with Crippen molar-refractivity contribution in [2.24, 2.45) is 0 Å². The maximum Gasteiger partial charge on any atom is 0.480 e. The van der Waals surface area contributed by atoms with E-state index in [-0.39, 0.29) is 10.2 Å². The van der Waals surface area contributed by atoms with Crippen LogP contribution < -0.4 is 0 Å². The Morgan fingerprint density at radius 2 is 1.07 bits per heavy atom. The SMILES string of the molecule is C[Si]1(C)C(B(O)O)=C(c2cccc(F)c2)C(c2cccc(F)c2)=C1B(O)O. The minimum atomic E-state index is -2.94. The van der Waals surface area contributed by atoms with Crippen molar-refractivity contribution in [2.75, 3.05) is 0 Å². The summed E-state index contributed by atoms with van der Waals surface area (Å²) in [7, 11) is -6.68. The molecule has 2 aromatic rings. The number of allylic oxidation sites excluding steroid dienone is 2. The lowest BCUT2D eigenvalue weighted by molar-refractivity contribution is 0.421. The van der Waals surface area contributed by atoms with E-state index in [1.54, 1.807) is 25.2 Å². The predicted molar refractivity (Wildman–Crippen MR) is 105 cm³/mol. The van der Waals surface area contributed by atoms with E-state index in [0.29, 0.717) is 22.3 Å². The second-order valence-corrected chi connectivity index (χ2v) is 11.3. The molecule has 1 aliphatic heterocycles. The predicted octanol–water partition coefficient (Wildman–Crippen LogP) is 2.00. The molecule has 0 radical (unpaired) electrons. The molecule has 0 aromatic heterocycles. The average Bonchev–Trinajstić information content (AvgIpc) is 2.82. The lowest BCUT2D eigenvalue weighted by atomic mass is 9.77. The first-order chi connectivity index (χ1) is 12.6. The van der Waals surface area contributed by atoms with Crippen LogP contribution in [0.25, 0.3) is 11.1 Å². The van der Waals surface area contributed by atoms with Crippen LogP contribution in [0, 0.1) is 11.6 Å². The van der Waals surface area contributed by atoms with E-state index < -0.39 is 33.9 Å². The Hall–Kier alpha value is -2.03. The van der Waals surface area contributed by atoms with Crippen molar-refractivity contribution < 1.29 is 28.9 Å². The van der Waals surface area contributed by atoms with Crippen LogP contribution >= 0.6 is 0 Å². The van der Waals surface area contributed by atoms with Crippen molar-refractivity contribution in [2.45, 2.75) is 13.1 Å². The maximum atomic E-state index is 13.9. The van der Waals surface area contributed by atoms with Crippen LogP contribution in [0.2, 0.25) is 13.1 Å². The Bertz CT molecular complexity index is 882. The summed E-state index contributed by atoms with van der Waals surface area (Å²) >= 11 is 0. The Morgan fingerprint density at radius 3 is 1.37 bits per heavy atom. The molecule has 1 aliphatic rings.